The van der Waals surface area contributed by atoms with Gasteiger partial charge in [-0.05, 0) is 54.6 Å². The molecule has 2 N–H and O–H groups in total. The second-order valence-electron chi connectivity index (χ2n) is 5.11. The van der Waals surface area contributed by atoms with Gasteiger partial charge in [0.15, 0.2) is 0 Å². The molecule has 0 radical (unpaired) electrons. The first-order chi connectivity index (χ1) is 12.3. The summed E-state index contributed by atoms with van der Waals surface area (Å²) in [6, 6.07) is 16.8. The van der Waals surface area contributed by atoms with Gasteiger partial charge in [0.1, 0.15) is 9.09 Å². The maximum absolute atomic E-state index is 12.4. The van der Waals surface area contributed by atoms with Crippen LogP contribution in [0.15, 0.2) is 74.7 Å². The van der Waals surface area contributed by atoms with Crippen molar-refractivity contribution in [2.75, 3.05) is 4.72 Å². The minimum atomic E-state index is -3.84. The third-order valence-corrected chi connectivity index (χ3v) is 7.39. The third kappa shape index (κ3) is 4.59. The van der Waals surface area contributed by atoms with Crippen molar-refractivity contribution in [1.82, 2.24) is 0 Å². The van der Waals surface area contributed by atoms with E-state index in [0.29, 0.717) is 22.0 Å². The smallest absolute Gasteiger partial charge is 0.345 e. The van der Waals surface area contributed by atoms with Gasteiger partial charge >= 0.3 is 5.97 Å². The van der Waals surface area contributed by atoms with E-state index in [9.17, 15) is 13.2 Å². The van der Waals surface area contributed by atoms with E-state index in [1.54, 1.807) is 30.3 Å². The van der Waals surface area contributed by atoms with Gasteiger partial charge in [-0.15, -0.1) is 11.3 Å². The Labute approximate surface area is 163 Å². The van der Waals surface area contributed by atoms with Crippen LogP contribution in [0.2, 0.25) is 5.02 Å². The molecule has 0 atom stereocenters. The molecule has 0 amide bonds. The van der Waals surface area contributed by atoms with E-state index in [-0.39, 0.29) is 9.09 Å². The lowest BCUT2D eigenvalue weighted by molar-refractivity contribution is 0.0702. The number of hydrogen-bond donors (Lipinski definition) is 2. The van der Waals surface area contributed by atoms with Gasteiger partial charge in [0.2, 0.25) is 0 Å². The zero-order valence-electron chi connectivity index (χ0n) is 13.0. The van der Waals surface area contributed by atoms with Crippen LogP contribution in [0.3, 0.4) is 0 Å². The Hall–Kier alpha value is -2.00. The summed E-state index contributed by atoms with van der Waals surface area (Å²) < 4.78 is 27.3. The molecule has 0 spiro atoms. The first-order valence-electron chi connectivity index (χ1n) is 7.23. The molecule has 1 aromatic heterocycles. The van der Waals surface area contributed by atoms with E-state index in [0.717, 1.165) is 9.79 Å². The number of benzene rings is 2. The minimum Gasteiger partial charge on any atom is -0.477 e. The number of thiophene rings is 1. The maximum atomic E-state index is 12.4. The number of aromatic carboxylic acids is 1. The zero-order valence-corrected chi connectivity index (χ0v) is 16.3. The Morgan fingerprint density at radius 3 is 2.42 bits per heavy atom. The fourth-order valence-corrected chi connectivity index (χ4v) is 5.24. The predicted molar refractivity (Wildman–Crippen MR) is 104 cm³/mol. The lowest BCUT2D eigenvalue weighted by Gasteiger charge is -2.08. The number of carboxylic acids is 1. The van der Waals surface area contributed by atoms with Crippen molar-refractivity contribution in [3.8, 4) is 0 Å². The van der Waals surface area contributed by atoms with Gasteiger partial charge in [0.05, 0.1) is 0 Å². The monoisotopic (exact) mass is 425 g/mol. The highest BCUT2D eigenvalue weighted by Gasteiger charge is 2.19. The van der Waals surface area contributed by atoms with Crippen LogP contribution in [-0.4, -0.2) is 19.5 Å². The number of carboxylic acid groups (broad SMARTS) is 1. The van der Waals surface area contributed by atoms with Crippen LogP contribution >= 0.6 is 34.7 Å². The maximum Gasteiger partial charge on any atom is 0.345 e. The summed E-state index contributed by atoms with van der Waals surface area (Å²) in [5.74, 6) is -1.15. The summed E-state index contributed by atoms with van der Waals surface area (Å²) in [6.45, 7) is 0. The first-order valence-corrected chi connectivity index (χ1v) is 10.7. The number of halogens is 1. The highest BCUT2D eigenvalue weighted by Crippen LogP contribution is 2.31. The SMILES string of the molecule is O=C(O)c1ccc(S(=O)(=O)Nc2cccc(Sc3ccc(Cl)cc3)c2)s1. The van der Waals surface area contributed by atoms with E-state index < -0.39 is 16.0 Å². The summed E-state index contributed by atoms with van der Waals surface area (Å²) in [5.41, 5.74) is 0.397. The molecule has 5 nitrogen and oxygen atoms in total. The highest BCUT2D eigenvalue weighted by atomic mass is 35.5. The number of anilines is 1. The van der Waals surface area contributed by atoms with Gasteiger partial charge in [-0.25, -0.2) is 13.2 Å². The number of nitrogens with one attached hydrogen (secondary N) is 1. The normalized spacial score (nSPS) is 11.3. The second-order valence-corrected chi connectivity index (χ2v) is 9.69. The predicted octanol–water partition coefficient (Wildman–Crippen LogP) is 5.05. The zero-order chi connectivity index (χ0) is 18.7. The van der Waals surface area contributed by atoms with Crippen LogP contribution < -0.4 is 4.72 Å². The molecular weight excluding hydrogens is 414 g/mol. The number of carbonyl (C=O) groups is 1. The van der Waals surface area contributed by atoms with Crippen molar-refractivity contribution in [1.29, 1.82) is 0 Å². The number of sulfonamides is 1. The summed E-state index contributed by atoms with van der Waals surface area (Å²) in [6.07, 6.45) is 0. The van der Waals surface area contributed by atoms with Gasteiger partial charge in [-0.1, -0.05) is 29.4 Å². The molecule has 0 saturated carbocycles. The molecule has 0 unspecified atom stereocenters. The average Bonchev–Trinajstić information content (AvgIpc) is 3.08. The molecule has 9 heteroatoms. The van der Waals surface area contributed by atoms with E-state index in [4.69, 9.17) is 16.7 Å². The van der Waals surface area contributed by atoms with E-state index in [1.165, 1.54) is 23.9 Å². The molecule has 0 bridgehead atoms. The van der Waals surface area contributed by atoms with Gasteiger partial charge in [0.25, 0.3) is 10.0 Å². The lowest BCUT2D eigenvalue weighted by atomic mass is 10.3. The molecular formula is C17H12ClNO4S3. The standard InChI is InChI=1S/C17H12ClNO4S3/c18-11-4-6-13(7-5-11)24-14-3-1-2-12(10-14)19-26(22,23)16-9-8-15(25-16)17(20)21/h1-10,19H,(H,20,21). The molecule has 0 aliphatic carbocycles. The molecule has 26 heavy (non-hydrogen) atoms. The average molecular weight is 426 g/mol. The molecule has 3 aromatic rings. The van der Waals surface area contributed by atoms with Crippen LogP contribution in [-0.2, 0) is 10.0 Å². The summed E-state index contributed by atoms with van der Waals surface area (Å²) in [4.78, 5) is 12.7. The Morgan fingerprint density at radius 1 is 1.04 bits per heavy atom. The molecule has 1 heterocycles. The van der Waals surface area contributed by atoms with Gasteiger partial charge in [-0.2, -0.15) is 0 Å². The van der Waals surface area contributed by atoms with Crippen LogP contribution in [0.4, 0.5) is 5.69 Å². The molecule has 0 fully saturated rings. The summed E-state index contributed by atoms with van der Waals surface area (Å²) in [7, 11) is -3.84. The molecule has 3 rings (SSSR count). The highest BCUT2D eigenvalue weighted by molar-refractivity contribution is 7.99. The summed E-state index contributed by atoms with van der Waals surface area (Å²) in [5, 5.41) is 9.58. The van der Waals surface area contributed by atoms with Crippen LogP contribution in [0, 0.1) is 0 Å². The quantitative estimate of drug-likeness (QED) is 0.577. The number of hydrogen-bond acceptors (Lipinski definition) is 5. The largest absolute Gasteiger partial charge is 0.477 e. The van der Waals surface area contributed by atoms with Crippen molar-refractivity contribution in [3.05, 3.63) is 70.6 Å². The summed E-state index contributed by atoms with van der Waals surface area (Å²) >= 11 is 8.05. The Kier molecular flexibility index (Phi) is 5.57. The van der Waals surface area contributed by atoms with Crippen LogP contribution in [0.1, 0.15) is 9.67 Å². The second kappa shape index (κ2) is 7.71. The van der Waals surface area contributed by atoms with Crippen LogP contribution in [0.25, 0.3) is 0 Å². The molecule has 0 aliphatic heterocycles. The first kappa shape index (κ1) is 18.8. The fraction of sp³-hybridized carbons (Fsp3) is 0. The molecule has 2 aromatic carbocycles. The Morgan fingerprint density at radius 2 is 1.77 bits per heavy atom. The van der Waals surface area contributed by atoms with Crippen molar-refractivity contribution >= 4 is 56.4 Å². The third-order valence-electron chi connectivity index (χ3n) is 3.19. The van der Waals surface area contributed by atoms with E-state index in [2.05, 4.69) is 4.72 Å². The van der Waals surface area contributed by atoms with Gasteiger partial charge in [-0.3, -0.25) is 4.72 Å². The topological polar surface area (TPSA) is 83.5 Å². The van der Waals surface area contributed by atoms with Crippen molar-refractivity contribution in [2.24, 2.45) is 0 Å². The van der Waals surface area contributed by atoms with Crippen molar-refractivity contribution in [2.45, 2.75) is 14.0 Å². The van der Waals surface area contributed by atoms with Crippen molar-refractivity contribution < 1.29 is 18.3 Å². The lowest BCUT2D eigenvalue weighted by Crippen LogP contribution is -2.11. The van der Waals surface area contributed by atoms with E-state index in [1.807, 2.05) is 18.2 Å². The Bertz CT molecular complexity index is 1050. The molecule has 0 aliphatic rings. The molecule has 134 valence electrons. The van der Waals surface area contributed by atoms with Gasteiger partial charge < -0.3 is 5.11 Å². The van der Waals surface area contributed by atoms with Crippen molar-refractivity contribution in [3.63, 3.8) is 0 Å². The van der Waals surface area contributed by atoms with Crippen LogP contribution in [0.5, 0.6) is 0 Å². The van der Waals surface area contributed by atoms with Gasteiger partial charge in [0, 0.05) is 20.5 Å². The van der Waals surface area contributed by atoms with E-state index >= 15 is 0 Å². The fourth-order valence-electron chi connectivity index (χ4n) is 2.05. The molecule has 0 saturated heterocycles. The number of rotatable bonds is 6. The Balaban J connectivity index is 1.79. The minimum absolute atomic E-state index is 0.0302.